The van der Waals surface area contributed by atoms with Gasteiger partial charge in [-0.25, -0.2) is 8.42 Å². The number of carbonyl (C=O) groups excluding carboxylic acids is 2. The van der Waals surface area contributed by atoms with Crippen LogP contribution in [0.2, 0.25) is 0 Å². The van der Waals surface area contributed by atoms with Crippen LogP contribution in [-0.2, 0) is 26.0 Å². The van der Waals surface area contributed by atoms with Crippen molar-refractivity contribution in [2.45, 2.75) is 64.5 Å². The molecule has 1 atom stereocenters. The van der Waals surface area contributed by atoms with Gasteiger partial charge in [-0.1, -0.05) is 66.0 Å². The highest BCUT2D eigenvalue weighted by molar-refractivity contribution is 9.10. The first-order valence-corrected chi connectivity index (χ1v) is 15.1. The standard InChI is InChI=1S/C27H36BrN3O4S/c1-4-25(27(33)29-22-12-8-9-13-22)30(17-16-21-10-6-5-7-11-21)26(32)19-31(36(3,34)35)23-14-15-24(28)20(2)18-23/h5-7,10-11,14-15,18,22,25H,4,8-9,12-13,16-17,19H2,1-3H3,(H,29,33)/t25-/m0/s1. The molecule has 0 spiro atoms. The number of amides is 2. The summed E-state index contributed by atoms with van der Waals surface area (Å²) < 4.78 is 27.4. The maximum Gasteiger partial charge on any atom is 0.244 e. The van der Waals surface area contributed by atoms with Gasteiger partial charge in [0.05, 0.1) is 11.9 Å². The number of hydrogen-bond acceptors (Lipinski definition) is 4. The van der Waals surface area contributed by atoms with Gasteiger partial charge in [0.25, 0.3) is 0 Å². The van der Waals surface area contributed by atoms with E-state index < -0.39 is 22.0 Å². The molecule has 2 aromatic carbocycles. The first-order valence-electron chi connectivity index (χ1n) is 12.5. The molecule has 0 saturated heterocycles. The molecule has 1 aliphatic carbocycles. The smallest absolute Gasteiger partial charge is 0.244 e. The van der Waals surface area contributed by atoms with E-state index in [1.54, 1.807) is 23.1 Å². The van der Waals surface area contributed by atoms with Crippen molar-refractivity contribution in [3.8, 4) is 0 Å². The highest BCUT2D eigenvalue weighted by Crippen LogP contribution is 2.25. The summed E-state index contributed by atoms with van der Waals surface area (Å²) in [5.41, 5.74) is 2.32. The number of carbonyl (C=O) groups is 2. The van der Waals surface area contributed by atoms with Crippen LogP contribution >= 0.6 is 15.9 Å². The molecular formula is C27H36BrN3O4S. The molecule has 2 aromatic rings. The SMILES string of the molecule is CC[C@@H](C(=O)NC1CCCC1)N(CCc1ccccc1)C(=O)CN(c1ccc(Br)c(C)c1)S(C)(=O)=O. The lowest BCUT2D eigenvalue weighted by Crippen LogP contribution is -2.54. The quantitative estimate of drug-likeness (QED) is 0.428. The number of hydrogen-bond donors (Lipinski definition) is 1. The van der Waals surface area contributed by atoms with Crippen molar-refractivity contribution in [1.29, 1.82) is 0 Å². The summed E-state index contributed by atoms with van der Waals surface area (Å²) in [4.78, 5) is 28.6. The predicted molar refractivity (Wildman–Crippen MR) is 147 cm³/mol. The molecule has 3 rings (SSSR count). The first-order chi connectivity index (χ1) is 17.1. The van der Waals surface area contributed by atoms with Crippen LogP contribution in [0.25, 0.3) is 0 Å². The second kappa shape index (κ2) is 12.7. The van der Waals surface area contributed by atoms with E-state index >= 15 is 0 Å². The van der Waals surface area contributed by atoms with Gasteiger partial charge in [-0.05, 0) is 61.9 Å². The Morgan fingerprint density at radius 1 is 1.11 bits per heavy atom. The fraction of sp³-hybridized carbons (Fsp3) is 0.481. The van der Waals surface area contributed by atoms with Crippen LogP contribution in [-0.4, -0.2) is 56.6 Å². The highest BCUT2D eigenvalue weighted by atomic mass is 79.9. The number of nitrogens with zero attached hydrogens (tertiary/aromatic N) is 2. The van der Waals surface area contributed by atoms with Crippen LogP contribution in [0, 0.1) is 6.92 Å². The topological polar surface area (TPSA) is 86.8 Å². The monoisotopic (exact) mass is 577 g/mol. The summed E-state index contributed by atoms with van der Waals surface area (Å²) in [5.74, 6) is -0.568. The zero-order valence-corrected chi connectivity index (χ0v) is 23.6. The second-order valence-corrected chi connectivity index (χ2v) is 12.2. The molecule has 1 N–H and O–H groups in total. The summed E-state index contributed by atoms with van der Waals surface area (Å²) in [6.07, 6.45) is 6.18. The number of nitrogens with one attached hydrogen (secondary N) is 1. The van der Waals surface area contributed by atoms with Crippen LogP contribution in [0.5, 0.6) is 0 Å². The molecule has 0 unspecified atom stereocenters. The van der Waals surface area contributed by atoms with E-state index in [1.165, 1.54) is 0 Å². The van der Waals surface area contributed by atoms with Gasteiger partial charge in [0.2, 0.25) is 21.8 Å². The third-order valence-corrected chi connectivity index (χ3v) is 8.71. The first kappa shape index (κ1) is 28.2. The van der Waals surface area contributed by atoms with E-state index in [4.69, 9.17) is 0 Å². The van der Waals surface area contributed by atoms with Crippen molar-refractivity contribution < 1.29 is 18.0 Å². The molecule has 0 aliphatic heterocycles. The number of halogens is 1. The number of sulfonamides is 1. The van der Waals surface area contributed by atoms with Gasteiger partial charge in [0.1, 0.15) is 12.6 Å². The van der Waals surface area contributed by atoms with E-state index in [-0.39, 0.29) is 18.5 Å². The summed E-state index contributed by atoms with van der Waals surface area (Å²) >= 11 is 3.44. The molecule has 36 heavy (non-hydrogen) atoms. The van der Waals surface area contributed by atoms with Crippen molar-refractivity contribution in [1.82, 2.24) is 10.2 Å². The Kier molecular flexibility index (Phi) is 9.96. The largest absolute Gasteiger partial charge is 0.352 e. The summed E-state index contributed by atoms with van der Waals surface area (Å²) in [7, 11) is -3.74. The van der Waals surface area contributed by atoms with Crippen molar-refractivity contribution >= 4 is 43.5 Å². The Bertz CT molecular complexity index is 1150. The maximum absolute atomic E-state index is 13.7. The van der Waals surface area contributed by atoms with Crippen molar-refractivity contribution in [3.05, 3.63) is 64.1 Å². The third-order valence-electron chi connectivity index (χ3n) is 6.68. The van der Waals surface area contributed by atoms with E-state index in [0.717, 1.165) is 51.8 Å². The average Bonchev–Trinajstić information content (AvgIpc) is 3.34. The molecule has 1 saturated carbocycles. The molecule has 9 heteroatoms. The average molecular weight is 579 g/mol. The second-order valence-electron chi connectivity index (χ2n) is 9.44. The van der Waals surface area contributed by atoms with Gasteiger partial charge in [-0.15, -0.1) is 0 Å². The lowest BCUT2D eigenvalue weighted by Gasteiger charge is -2.33. The zero-order valence-electron chi connectivity index (χ0n) is 21.2. The van der Waals surface area contributed by atoms with Crippen LogP contribution < -0.4 is 9.62 Å². The molecule has 0 radical (unpaired) electrons. The molecule has 7 nitrogen and oxygen atoms in total. The van der Waals surface area contributed by atoms with Crippen LogP contribution in [0.3, 0.4) is 0 Å². The Balaban J connectivity index is 1.87. The summed E-state index contributed by atoms with van der Waals surface area (Å²) in [5, 5.41) is 3.12. The van der Waals surface area contributed by atoms with Crippen LogP contribution in [0.4, 0.5) is 5.69 Å². The fourth-order valence-corrected chi connectivity index (χ4v) is 5.75. The molecule has 0 aromatic heterocycles. The molecule has 196 valence electrons. The maximum atomic E-state index is 13.7. The van der Waals surface area contributed by atoms with Crippen LogP contribution in [0.1, 0.15) is 50.2 Å². The summed E-state index contributed by atoms with van der Waals surface area (Å²) in [6.45, 7) is 3.69. The van der Waals surface area contributed by atoms with Gasteiger partial charge in [-0.2, -0.15) is 0 Å². The van der Waals surface area contributed by atoms with Gasteiger partial charge < -0.3 is 10.2 Å². The Morgan fingerprint density at radius 2 is 1.78 bits per heavy atom. The van der Waals surface area contributed by atoms with E-state index in [2.05, 4.69) is 21.2 Å². The third kappa shape index (κ3) is 7.56. The van der Waals surface area contributed by atoms with Gasteiger partial charge in [0.15, 0.2) is 0 Å². The Morgan fingerprint density at radius 3 is 2.36 bits per heavy atom. The van der Waals surface area contributed by atoms with Gasteiger partial charge in [0, 0.05) is 17.1 Å². The van der Waals surface area contributed by atoms with Gasteiger partial charge in [-0.3, -0.25) is 13.9 Å². The molecule has 2 amide bonds. The lowest BCUT2D eigenvalue weighted by molar-refractivity contribution is -0.139. The number of anilines is 1. The van der Waals surface area contributed by atoms with E-state index in [1.807, 2.05) is 44.2 Å². The van der Waals surface area contributed by atoms with E-state index in [0.29, 0.717) is 25.1 Å². The molecule has 0 heterocycles. The fourth-order valence-electron chi connectivity index (χ4n) is 4.66. The summed E-state index contributed by atoms with van der Waals surface area (Å²) in [6, 6.07) is 14.4. The number of rotatable bonds is 11. The van der Waals surface area contributed by atoms with Gasteiger partial charge >= 0.3 is 0 Å². The Labute approximate surface area is 223 Å². The minimum Gasteiger partial charge on any atom is -0.352 e. The lowest BCUT2D eigenvalue weighted by atomic mass is 10.1. The van der Waals surface area contributed by atoms with E-state index in [9.17, 15) is 18.0 Å². The van der Waals surface area contributed by atoms with Crippen molar-refractivity contribution in [3.63, 3.8) is 0 Å². The molecule has 0 bridgehead atoms. The highest BCUT2D eigenvalue weighted by Gasteiger charge is 2.32. The minimum atomic E-state index is -3.74. The zero-order chi connectivity index (χ0) is 26.3. The molecular weight excluding hydrogens is 542 g/mol. The van der Waals surface area contributed by atoms with Crippen molar-refractivity contribution in [2.75, 3.05) is 23.7 Å². The minimum absolute atomic E-state index is 0.135. The van der Waals surface area contributed by atoms with Crippen LogP contribution in [0.15, 0.2) is 53.0 Å². The molecule has 1 aliphatic rings. The number of aryl methyl sites for hydroxylation is 1. The normalized spacial score (nSPS) is 14.9. The predicted octanol–water partition coefficient (Wildman–Crippen LogP) is 4.43. The Hall–Kier alpha value is -2.39. The molecule has 1 fully saturated rings. The number of benzene rings is 2. The van der Waals surface area contributed by atoms with Crippen molar-refractivity contribution in [2.24, 2.45) is 0 Å².